The molecule has 1 aromatic heterocycles. The fourth-order valence-electron chi connectivity index (χ4n) is 1.99. The lowest BCUT2D eigenvalue weighted by atomic mass is 10.2. The lowest BCUT2D eigenvalue weighted by Crippen LogP contribution is -2.22. The number of hydrogen-bond donors (Lipinski definition) is 1. The molecule has 2 aromatic rings. The number of hydrogen-bond acceptors (Lipinski definition) is 2. The van der Waals surface area contributed by atoms with E-state index in [9.17, 15) is 4.48 Å². The largest absolute Gasteiger partial charge is 0.340 e. The zero-order valence-corrected chi connectivity index (χ0v) is 8.78. The first-order chi connectivity index (χ1) is 7.83. The predicted molar refractivity (Wildman–Crippen MR) is 59.2 cm³/mol. The van der Waals surface area contributed by atoms with Crippen molar-refractivity contribution in [2.75, 3.05) is 6.54 Å². The van der Waals surface area contributed by atoms with Crippen LogP contribution in [-0.2, 0) is 13.0 Å². The number of nitrogens with zero attached hydrogens (tertiary/aromatic N) is 2. The normalized spacial score (nSPS) is 16.1. The molecule has 1 N–H and O–H groups in total. The number of aromatic amines is 1. The van der Waals surface area contributed by atoms with Gasteiger partial charge in [0.25, 0.3) is 0 Å². The van der Waals surface area contributed by atoms with E-state index in [0.29, 0.717) is 19.5 Å². The Morgan fingerprint density at radius 3 is 2.88 bits per heavy atom. The highest BCUT2D eigenvalue weighted by atomic mass is 19.2. The molecule has 2 heterocycles. The van der Waals surface area contributed by atoms with Crippen LogP contribution in [0.25, 0.3) is 11.4 Å². The summed E-state index contributed by atoms with van der Waals surface area (Å²) >= 11 is 0. The van der Waals surface area contributed by atoms with Gasteiger partial charge in [-0.2, -0.15) is 0 Å². The van der Waals surface area contributed by atoms with Gasteiger partial charge in [0.15, 0.2) is 0 Å². The Kier molecular flexibility index (Phi) is 2.22. The number of benzene rings is 1. The summed E-state index contributed by atoms with van der Waals surface area (Å²) < 4.78 is 13.1. The van der Waals surface area contributed by atoms with Crippen LogP contribution >= 0.6 is 0 Å². The Bertz CT molecular complexity index is 492. The molecule has 82 valence electrons. The molecule has 16 heavy (non-hydrogen) atoms. The lowest BCUT2D eigenvalue weighted by Gasteiger charge is -2.15. The molecule has 0 fully saturated rings. The highest BCUT2D eigenvalue weighted by Gasteiger charge is 2.19. The van der Waals surface area contributed by atoms with E-state index in [1.165, 1.54) is 0 Å². The molecule has 0 amide bonds. The average molecular weight is 217 g/mol. The van der Waals surface area contributed by atoms with Crippen molar-refractivity contribution in [1.29, 1.82) is 0 Å². The van der Waals surface area contributed by atoms with Crippen molar-refractivity contribution in [2.45, 2.75) is 13.0 Å². The van der Waals surface area contributed by atoms with E-state index in [0.717, 1.165) is 27.9 Å². The summed E-state index contributed by atoms with van der Waals surface area (Å²) in [5, 5.41) is 0.815. The van der Waals surface area contributed by atoms with Gasteiger partial charge in [0, 0.05) is 18.5 Å². The van der Waals surface area contributed by atoms with E-state index in [2.05, 4.69) is 9.97 Å². The molecule has 0 unspecified atom stereocenters. The minimum atomic E-state index is 0.315. The molecule has 1 aliphatic heterocycles. The maximum absolute atomic E-state index is 13.1. The first-order valence-corrected chi connectivity index (χ1v) is 5.37. The van der Waals surface area contributed by atoms with Crippen LogP contribution in [0.4, 0.5) is 4.48 Å². The molecule has 3 rings (SSSR count). The van der Waals surface area contributed by atoms with E-state index >= 15 is 0 Å². The minimum Gasteiger partial charge on any atom is -0.340 e. The Balaban J connectivity index is 1.99. The molecule has 3 nitrogen and oxygen atoms in total. The number of H-pyrrole nitrogens is 1. The van der Waals surface area contributed by atoms with Crippen LogP contribution in [0, 0.1) is 0 Å². The van der Waals surface area contributed by atoms with E-state index in [1.807, 2.05) is 30.3 Å². The van der Waals surface area contributed by atoms with Gasteiger partial charge in [0.2, 0.25) is 0 Å². The summed E-state index contributed by atoms with van der Waals surface area (Å²) in [5.41, 5.74) is 2.93. The van der Waals surface area contributed by atoms with Gasteiger partial charge in [-0.05, 0) is 0 Å². The van der Waals surface area contributed by atoms with Crippen LogP contribution in [0.5, 0.6) is 0 Å². The Labute approximate surface area is 92.9 Å². The van der Waals surface area contributed by atoms with E-state index in [4.69, 9.17) is 0 Å². The van der Waals surface area contributed by atoms with Crippen LogP contribution in [0.1, 0.15) is 11.4 Å². The van der Waals surface area contributed by atoms with Gasteiger partial charge < -0.3 is 4.98 Å². The van der Waals surface area contributed by atoms with E-state index < -0.39 is 0 Å². The molecule has 0 bridgehead atoms. The van der Waals surface area contributed by atoms with Crippen molar-refractivity contribution >= 4 is 0 Å². The molecule has 0 atom stereocenters. The third-order valence-electron chi connectivity index (χ3n) is 2.83. The summed E-state index contributed by atoms with van der Waals surface area (Å²) in [5.74, 6) is 0.834. The minimum absolute atomic E-state index is 0.315. The van der Waals surface area contributed by atoms with Crippen LogP contribution < -0.4 is 0 Å². The second-order valence-corrected chi connectivity index (χ2v) is 3.97. The van der Waals surface area contributed by atoms with E-state index in [-0.39, 0.29) is 0 Å². The molecule has 0 spiro atoms. The highest BCUT2D eigenvalue weighted by molar-refractivity contribution is 5.55. The summed E-state index contributed by atoms with van der Waals surface area (Å²) in [6.45, 7) is 0.751. The van der Waals surface area contributed by atoms with Gasteiger partial charge in [-0.25, -0.2) is 4.98 Å². The van der Waals surface area contributed by atoms with E-state index in [1.54, 1.807) is 0 Å². The molecule has 0 radical (unpaired) electrons. The number of nitrogens with one attached hydrogen (secondary N) is 1. The Morgan fingerprint density at radius 2 is 2.06 bits per heavy atom. The second-order valence-electron chi connectivity index (χ2n) is 3.97. The Morgan fingerprint density at radius 1 is 1.25 bits per heavy atom. The second kappa shape index (κ2) is 3.72. The van der Waals surface area contributed by atoms with Crippen LogP contribution in [0.3, 0.4) is 0 Å². The maximum atomic E-state index is 13.1. The molecular formula is C12H12FN3. The summed E-state index contributed by atoms with van der Waals surface area (Å²) in [7, 11) is 0. The zero-order valence-electron chi connectivity index (χ0n) is 8.78. The molecule has 1 aromatic carbocycles. The van der Waals surface area contributed by atoms with Gasteiger partial charge >= 0.3 is 0 Å². The van der Waals surface area contributed by atoms with Crippen molar-refractivity contribution in [3.05, 3.63) is 41.7 Å². The van der Waals surface area contributed by atoms with Crippen LogP contribution in [0.15, 0.2) is 30.3 Å². The zero-order chi connectivity index (χ0) is 11.0. The Hall–Kier alpha value is -1.68. The van der Waals surface area contributed by atoms with Gasteiger partial charge in [-0.1, -0.05) is 30.3 Å². The number of halogens is 1. The summed E-state index contributed by atoms with van der Waals surface area (Å²) in [6.07, 6.45) is 0.676. The van der Waals surface area contributed by atoms with Gasteiger partial charge in [0.05, 0.1) is 17.9 Å². The summed E-state index contributed by atoms with van der Waals surface area (Å²) in [6, 6.07) is 9.90. The first kappa shape index (κ1) is 9.54. The van der Waals surface area contributed by atoms with Crippen molar-refractivity contribution in [1.82, 2.24) is 15.1 Å². The first-order valence-electron chi connectivity index (χ1n) is 5.37. The number of fused-ring (bicyclic) bond motifs is 1. The third kappa shape index (κ3) is 1.61. The highest BCUT2D eigenvalue weighted by Crippen LogP contribution is 2.22. The number of aromatic nitrogens is 2. The van der Waals surface area contributed by atoms with Crippen LogP contribution in [-0.4, -0.2) is 21.6 Å². The molecule has 1 aliphatic rings. The standard InChI is InChI=1S/C12H12FN3/c13-16-7-6-10-11(8-16)15-12(14-10)9-4-2-1-3-5-9/h1-5H,6-8H2,(H,14,15). The summed E-state index contributed by atoms with van der Waals surface area (Å²) in [4.78, 5) is 7.69. The SMILES string of the molecule is FN1CCc2nc(-c3ccccc3)[nH]c2C1. The van der Waals surface area contributed by atoms with Gasteiger partial charge in [-0.15, -0.1) is 9.60 Å². The van der Waals surface area contributed by atoms with Crippen molar-refractivity contribution in [3.63, 3.8) is 0 Å². The fraction of sp³-hybridized carbons (Fsp3) is 0.250. The number of imidazole rings is 1. The van der Waals surface area contributed by atoms with Crippen LogP contribution in [0.2, 0.25) is 0 Å². The molecule has 0 aliphatic carbocycles. The molecule has 0 saturated heterocycles. The molecule has 0 saturated carbocycles. The topological polar surface area (TPSA) is 31.9 Å². The lowest BCUT2D eigenvalue weighted by molar-refractivity contribution is 0.00869. The molecular weight excluding hydrogens is 205 g/mol. The predicted octanol–water partition coefficient (Wildman–Crippen LogP) is 2.32. The quantitative estimate of drug-likeness (QED) is 0.743. The van der Waals surface area contributed by atoms with Gasteiger partial charge in [-0.3, -0.25) is 0 Å². The average Bonchev–Trinajstić information content (AvgIpc) is 2.73. The maximum Gasteiger partial charge on any atom is 0.137 e. The monoisotopic (exact) mass is 217 g/mol. The third-order valence-corrected chi connectivity index (χ3v) is 2.83. The number of rotatable bonds is 1. The fourth-order valence-corrected chi connectivity index (χ4v) is 1.99. The van der Waals surface area contributed by atoms with Crippen molar-refractivity contribution in [2.24, 2.45) is 0 Å². The smallest absolute Gasteiger partial charge is 0.137 e. The van der Waals surface area contributed by atoms with Gasteiger partial charge in [0.1, 0.15) is 5.82 Å². The molecule has 4 heteroatoms. The van der Waals surface area contributed by atoms with Crippen molar-refractivity contribution < 1.29 is 4.48 Å². The van der Waals surface area contributed by atoms with Crippen molar-refractivity contribution in [3.8, 4) is 11.4 Å².